The standard InChI is InChI=1S/C44H28N4O/c1-4-12-29(13-5-1)31-22-24-32(25-23-31)35-18-10-19-36-40-37(20-11-21-39(40)49-41(35)36)43-46-42(33-16-8-3-9-17-33)47-44(48-43)38-27-26-34(28-45-38)30-14-6-2-7-15-30/h1-28H/i3D,8D,9D,16D,17D. The molecule has 5 nitrogen and oxygen atoms in total. The Balaban J connectivity index is 1.23. The third-order valence-electron chi connectivity index (χ3n) is 8.53. The summed E-state index contributed by atoms with van der Waals surface area (Å²) in [5.74, 6) is 0.358. The van der Waals surface area contributed by atoms with Gasteiger partial charge in [0, 0.05) is 39.2 Å². The van der Waals surface area contributed by atoms with Crippen molar-refractivity contribution in [3.63, 3.8) is 0 Å². The van der Waals surface area contributed by atoms with Gasteiger partial charge in [0.1, 0.15) is 16.9 Å². The summed E-state index contributed by atoms with van der Waals surface area (Å²) in [6.45, 7) is 0. The highest BCUT2D eigenvalue weighted by atomic mass is 16.3. The van der Waals surface area contributed by atoms with Crippen LogP contribution in [0.4, 0.5) is 0 Å². The fourth-order valence-electron chi connectivity index (χ4n) is 6.15. The van der Waals surface area contributed by atoms with E-state index < -0.39 is 30.2 Å². The second kappa shape index (κ2) is 12.1. The fraction of sp³-hybridized carbons (Fsp3) is 0. The Morgan fingerprint density at radius 1 is 0.449 bits per heavy atom. The van der Waals surface area contributed by atoms with Crippen LogP contribution in [0.15, 0.2) is 174 Å². The Morgan fingerprint density at radius 2 is 1.06 bits per heavy atom. The molecule has 0 radical (unpaired) electrons. The molecule has 0 saturated carbocycles. The van der Waals surface area contributed by atoms with Crippen molar-refractivity contribution in [2.24, 2.45) is 0 Å². The minimum atomic E-state index is -0.499. The van der Waals surface area contributed by atoms with E-state index in [0.29, 0.717) is 22.4 Å². The van der Waals surface area contributed by atoms with Crippen LogP contribution in [0.2, 0.25) is 0 Å². The third kappa shape index (κ3) is 5.33. The van der Waals surface area contributed by atoms with Crippen LogP contribution >= 0.6 is 0 Å². The number of hydrogen-bond acceptors (Lipinski definition) is 5. The number of rotatable bonds is 6. The first-order chi connectivity index (χ1) is 26.4. The Hall–Kier alpha value is -6.72. The first kappa shape index (κ1) is 23.6. The van der Waals surface area contributed by atoms with Crippen LogP contribution in [-0.2, 0) is 0 Å². The normalized spacial score (nSPS) is 12.7. The molecule has 0 N–H and O–H groups in total. The van der Waals surface area contributed by atoms with Gasteiger partial charge in [-0.2, -0.15) is 0 Å². The van der Waals surface area contributed by atoms with Crippen LogP contribution in [0.25, 0.3) is 89.6 Å². The molecule has 0 atom stereocenters. The van der Waals surface area contributed by atoms with Gasteiger partial charge in [-0.3, -0.25) is 4.98 Å². The molecule has 49 heavy (non-hydrogen) atoms. The van der Waals surface area contributed by atoms with Crippen LogP contribution in [0.5, 0.6) is 0 Å². The molecule has 0 saturated heterocycles. The first-order valence-corrected chi connectivity index (χ1v) is 15.8. The van der Waals surface area contributed by atoms with Gasteiger partial charge in [0.2, 0.25) is 0 Å². The number of pyridine rings is 1. The van der Waals surface area contributed by atoms with Gasteiger partial charge in [-0.25, -0.2) is 15.0 Å². The van der Waals surface area contributed by atoms with Crippen LogP contribution in [0.1, 0.15) is 6.85 Å². The molecule has 5 heteroatoms. The number of furan rings is 1. The molecule has 9 rings (SSSR count). The van der Waals surface area contributed by atoms with Gasteiger partial charge in [0.25, 0.3) is 0 Å². The molecule has 0 aliphatic heterocycles. The maximum Gasteiger partial charge on any atom is 0.182 e. The largest absolute Gasteiger partial charge is 0.455 e. The van der Waals surface area contributed by atoms with Gasteiger partial charge in [-0.15, -0.1) is 0 Å². The average molecular weight is 634 g/mol. The molecule has 0 aliphatic carbocycles. The van der Waals surface area contributed by atoms with Crippen molar-refractivity contribution < 1.29 is 11.3 Å². The number of para-hydroxylation sites is 1. The molecule has 3 aromatic heterocycles. The summed E-state index contributed by atoms with van der Waals surface area (Å²) in [5.41, 5.74) is 8.32. The maximum atomic E-state index is 8.72. The van der Waals surface area contributed by atoms with Crippen molar-refractivity contribution >= 4 is 21.9 Å². The zero-order valence-electron chi connectivity index (χ0n) is 31.0. The highest BCUT2D eigenvalue weighted by Gasteiger charge is 2.20. The van der Waals surface area contributed by atoms with E-state index in [-0.39, 0.29) is 23.0 Å². The minimum Gasteiger partial charge on any atom is -0.455 e. The molecule has 230 valence electrons. The monoisotopic (exact) mass is 633 g/mol. The Bertz CT molecular complexity index is 2830. The summed E-state index contributed by atoms with van der Waals surface area (Å²) in [5, 5.41) is 1.62. The molecule has 0 aliphatic rings. The Morgan fingerprint density at radius 3 is 1.80 bits per heavy atom. The lowest BCUT2D eigenvalue weighted by Gasteiger charge is -2.09. The lowest BCUT2D eigenvalue weighted by molar-refractivity contribution is 0.670. The summed E-state index contributed by atoms with van der Waals surface area (Å²) in [6, 6.07) is 41.6. The second-order valence-electron chi connectivity index (χ2n) is 11.5. The van der Waals surface area contributed by atoms with Gasteiger partial charge in [-0.1, -0.05) is 152 Å². The van der Waals surface area contributed by atoms with E-state index in [1.165, 1.54) is 0 Å². The zero-order chi connectivity index (χ0) is 36.9. The van der Waals surface area contributed by atoms with Gasteiger partial charge >= 0.3 is 0 Å². The molecule has 0 fully saturated rings. The smallest absolute Gasteiger partial charge is 0.182 e. The predicted octanol–water partition coefficient (Wildman–Crippen LogP) is 11.2. The molecule has 0 unspecified atom stereocenters. The number of benzene rings is 6. The van der Waals surface area contributed by atoms with Crippen molar-refractivity contribution in [3.05, 3.63) is 170 Å². The van der Waals surface area contributed by atoms with E-state index in [9.17, 15) is 0 Å². The quantitative estimate of drug-likeness (QED) is 0.182. The summed E-state index contributed by atoms with van der Waals surface area (Å²) in [7, 11) is 0. The highest BCUT2D eigenvalue weighted by Crippen LogP contribution is 2.40. The van der Waals surface area contributed by atoms with E-state index in [4.69, 9.17) is 26.2 Å². The molecule has 6 aromatic carbocycles. The first-order valence-electron chi connectivity index (χ1n) is 18.3. The van der Waals surface area contributed by atoms with E-state index >= 15 is 0 Å². The van der Waals surface area contributed by atoms with Gasteiger partial charge in [-0.05, 0) is 34.4 Å². The van der Waals surface area contributed by atoms with E-state index in [1.807, 2.05) is 91.0 Å². The van der Waals surface area contributed by atoms with E-state index in [1.54, 1.807) is 12.3 Å². The van der Waals surface area contributed by atoms with Crippen molar-refractivity contribution in [2.75, 3.05) is 0 Å². The van der Waals surface area contributed by atoms with Gasteiger partial charge in [0.05, 0.1) is 6.85 Å². The van der Waals surface area contributed by atoms with Crippen molar-refractivity contribution in [3.8, 4) is 67.7 Å². The fourth-order valence-corrected chi connectivity index (χ4v) is 6.15. The topological polar surface area (TPSA) is 64.7 Å². The maximum absolute atomic E-state index is 8.72. The number of fused-ring (bicyclic) bond motifs is 3. The summed E-state index contributed by atoms with van der Waals surface area (Å²) < 4.78 is 48.9. The zero-order valence-corrected chi connectivity index (χ0v) is 26.0. The Labute approximate surface area is 290 Å². The van der Waals surface area contributed by atoms with Crippen LogP contribution in [0, 0.1) is 0 Å². The molecule has 3 heterocycles. The van der Waals surface area contributed by atoms with Crippen LogP contribution in [0.3, 0.4) is 0 Å². The molecule has 9 aromatic rings. The molecule has 0 spiro atoms. The van der Waals surface area contributed by atoms with Crippen molar-refractivity contribution in [2.45, 2.75) is 0 Å². The van der Waals surface area contributed by atoms with E-state index in [2.05, 4.69) is 41.4 Å². The minimum absolute atomic E-state index is 0.0649. The number of hydrogen-bond donors (Lipinski definition) is 0. The lowest BCUT2D eigenvalue weighted by atomic mass is 9.98. The highest BCUT2D eigenvalue weighted by molar-refractivity contribution is 6.15. The van der Waals surface area contributed by atoms with Crippen molar-refractivity contribution in [1.29, 1.82) is 0 Å². The van der Waals surface area contributed by atoms with Crippen LogP contribution in [-0.4, -0.2) is 19.9 Å². The lowest BCUT2D eigenvalue weighted by Crippen LogP contribution is -2.01. The number of nitrogens with zero attached hydrogens (tertiary/aromatic N) is 4. The SMILES string of the molecule is [2H]c1c([2H])c([2H])c(-c2nc(-c3ccc(-c4ccccc4)cn3)nc(-c3cccc4oc5c(-c6ccc(-c7ccccc7)cc6)cccc5c34)n2)c([2H])c1[2H]. The summed E-state index contributed by atoms with van der Waals surface area (Å²) in [4.78, 5) is 19.1. The number of aromatic nitrogens is 4. The predicted molar refractivity (Wildman–Crippen MR) is 198 cm³/mol. The Kier molecular flexibility index (Phi) is 5.84. The second-order valence-corrected chi connectivity index (χ2v) is 11.5. The van der Waals surface area contributed by atoms with Gasteiger partial charge in [0.15, 0.2) is 17.5 Å². The van der Waals surface area contributed by atoms with Gasteiger partial charge < -0.3 is 4.42 Å². The van der Waals surface area contributed by atoms with Crippen molar-refractivity contribution in [1.82, 2.24) is 19.9 Å². The molecule has 0 amide bonds. The molecule has 0 bridgehead atoms. The molecular formula is C44H28N4O. The third-order valence-corrected chi connectivity index (χ3v) is 8.53. The summed E-state index contributed by atoms with van der Waals surface area (Å²) in [6.07, 6.45) is 1.73. The average Bonchev–Trinajstić information content (AvgIpc) is 3.62. The molecular weight excluding hydrogens is 601 g/mol. The van der Waals surface area contributed by atoms with E-state index in [0.717, 1.165) is 44.2 Å². The van der Waals surface area contributed by atoms with Crippen LogP contribution < -0.4 is 0 Å². The summed E-state index contributed by atoms with van der Waals surface area (Å²) >= 11 is 0.